The number of methoxy groups -OCH3 is 1. The number of rotatable bonds is 7. The van der Waals surface area contributed by atoms with Gasteiger partial charge in [0.2, 0.25) is 10.0 Å². The van der Waals surface area contributed by atoms with Gasteiger partial charge in [0.1, 0.15) is 5.75 Å². The van der Waals surface area contributed by atoms with Crippen molar-refractivity contribution in [1.29, 1.82) is 0 Å². The summed E-state index contributed by atoms with van der Waals surface area (Å²) in [5, 5.41) is 3.52. The zero-order valence-electron chi connectivity index (χ0n) is 16.5. The summed E-state index contributed by atoms with van der Waals surface area (Å²) in [6, 6.07) is 11.3. The first-order valence-corrected chi connectivity index (χ1v) is 11.3. The van der Waals surface area contributed by atoms with Gasteiger partial charge < -0.3 is 10.1 Å². The molecule has 0 heterocycles. The van der Waals surface area contributed by atoms with Gasteiger partial charge in [-0.2, -0.15) is 4.31 Å². The quantitative estimate of drug-likeness (QED) is 0.715. The van der Waals surface area contributed by atoms with E-state index in [4.69, 9.17) is 16.3 Å². The molecule has 0 unspecified atom stereocenters. The molecular formula is C21H25ClN2O4S. The molecule has 1 aliphatic rings. The maximum Gasteiger partial charge on any atom is 0.251 e. The molecule has 0 spiro atoms. The van der Waals surface area contributed by atoms with Crippen LogP contribution in [-0.4, -0.2) is 38.8 Å². The Labute approximate surface area is 176 Å². The Morgan fingerprint density at radius 1 is 1.17 bits per heavy atom. The fourth-order valence-corrected chi connectivity index (χ4v) is 4.77. The molecule has 3 rings (SSSR count). The second-order valence-corrected chi connectivity index (χ2v) is 9.68. The molecule has 6 nitrogen and oxygen atoms in total. The molecule has 0 atom stereocenters. The first kappa shape index (κ1) is 21.6. The van der Waals surface area contributed by atoms with Gasteiger partial charge in [-0.15, -0.1) is 0 Å². The molecule has 2 aromatic rings. The van der Waals surface area contributed by atoms with Crippen LogP contribution in [0.1, 0.15) is 41.6 Å². The first-order valence-electron chi connectivity index (χ1n) is 9.51. The summed E-state index contributed by atoms with van der Waals surface area (Å²) in [6.45, 7) is 0.0681. The number of hydrogen-bond donors (Lipinski definition) is 1. The Morgan fingerprint density at radius 3 is 2.45 bits per heavy atom. The molecule has 0 saturated heterocycles. The van der Waals surface area contributed by atoms with E-state index in [1.165, 1.54) is 42.7 Å². The summed E-state index contributed by atoms with van der Waals surface area (Å²) in [7, 11) is -0.699. The van der Waals surface area contributed by atoms with Crippen molar-refractivity contribution in [2.24, 2.45) is 0 Å². The first-order chi connectivity index (χ1) is 13.8. The van der Waals surface area contributed by atoms with Crippen LogP contribution in [0.5, 0.6) is 5.75 Å². The maximum atomic E-state index is 12.9. The highest BCUT2D eigenvalue weighted by atomic mass is 35.5. The minimum Gasteiger partial charge on any atom is -0.496 e. The number of nitrogens with one attached hydrogen (secondary N) is 1. The number of halogens is 1. The van der Waals surface area contributed by atoms with Crippen molar-refractivity contribution in [3.63, 3.8) is 0 Å². The highest BCUT2D eigenvalue weighted by Gasteiger charge is 2.23. The molecule has 1 saturated carbocycles. The van der Waals surface area contributed by atoms with Crippen LogP contribution >= 0.6 is 11.6 Å². The van der Waals surface area contributed by atoms with Gasteiger partial charge in [0.25, 0.3) is 5.91 Å². The predicted molar refractivity (Wildman–Crippen MR) is 113 cm³/mol. The van der Waals surface area contributed by atoms with Gasteiger partial charge in [-0.1, -0.05) is 24.4 Å². The third-order valence-electron chi connectivity index (χ3n) is 5.15. The van der Waals surface area contributed by atoms with E-state index in [1.807, 2.05) is 0 Å². The van der Waals surface area contributed by atoms with E-state index in [2.05, 4.69) is 5.32 Å². The number of sulfonamides is 1. The molecule has 0 bridgehead atoms. The van der Waals surface area contributed by atoms with Crippen molar-refractivity contribution in [2.75, 3.05) is 14.2 Å². The van der Waals surface area contributed by atoms with Crippen LogP contribution < -0.4 is 10.1 Å². The van der Waals surface area contributed by atoms with Gasteiger partial charge in [-0.3, -0.25) is 4.79 Å². The van der Waals surface area contributed by atoms with Gasteiger partial charge in [0, 0.05) is 35.8 Å². The van der Waals surface area contributed by atoms with Crippen molar-refractivity contribution in [2.45, 2.75) is 43.2 Å². The van der Waals surface area contributed by atoms with Crippen molar-refractivity contribution >= 4 is 27.5 Å². The molecule has 1 amide bonds. The lowest BCUT2D eigenvalue weighted by atomic mass is 10.1. The van der Waals surface area contributed by atoms with E-state index in [0.717, 1.165) is 25.7 Å². The van der Waals surface area contributed by atoms with Crippen LogP contribution in [0.25, 0.3) is 0 Å². The topological polar surface area (TPSA) is 75.7 Å². The highest BCUT2D eigenvalue weighted by Crippen LogP contribution is 2.25. The number of carbonyl (C=O) groups excluding carboxylic acids is 1. The summed E-state index contributed by atoms with van der Waals surface area (Å²) in [5.41, 5.74) is 1.11. The Balaban J connectivity index is 1.81. The van der Waals surface area contributed by atoms with E-state index in [1.54, 1.807) is 18.2 Å². The third-order valence-corrected chi connectivity index (χ3v) is 7.22. The van der Waals surface area contributed by atoms with Crippen molar-refractivity contribution in [3.05, 3.63) is 58.6 Å². The molecule has 0 aromatic heterocycles. The highest BCUT2D eigenvalue weighted by molar-refractivity contribution is 7.89. The van der Waals surface area contributed by atoms with Gasteiger partial charge >= 0.3 is 0 Å². The normalized spacial score (nSPS) is 14.9. The monoisotopic (exact) mass is 436 g/mol. The number of benzene rings is 2. The molecule has 8 heteroatoms. The van der Waals surface area contributed by atoms with E-state index in [0.29, 0.717) is 21.9 Å². The van der Waals surface area contributed by atoms with Crippen LogP contribution in [0.15, 0.2) is 47.4 Å². The molecular weight excluding hydrogens is 412 g/mol. The fourth-order valence-electron chi connectivity index (χ4n) is 3.49. The lowest BCUT2D eigenvalue weighted by Crippen LogP contribution is -2.32. The van der Waals surface area contributed by atoms with Crippen LogP contribution in [0, 0.1) is 0 Å². The summed E-state index contributed by atoms with van der Waals surface area (Å²) in [6.07, 6.45) is 4.26. The Hall–Kier alpha value is -2.09. The summed E-state index contributed by atoms with van der Waals surface area (Å²) < 4.78 is 32.3. The molecule has 156 valence electrons. The van der Waals surface area contributed by atoms with Crippen LogP contribution in [0.4, 0.5) is 0 Å². The van der Waals surface area contributed by atoms with Crippen LogP contribution in [-0.2, 0) is 16.6 Å². The zero-order chi connectivity index (χ0) is 21.0. The number of ether oxygens (including phenoxy) is 1. The number of hydrogen-bond acceptors (Lipinski definition) is 4. The fraction of sp³-hybridized carbons (Fsp3) is 0.381. The molecule has 0 aliphatic heterocycles. The second-order valence-electron chi connectivity index (χ2n) is 7.20. The average molecular weight is 437 g/mol. The van der Waals surface area contributed by atoms with Gasteiger partial charge in [-0.05, 0) is 55.3 Å². The molecule has 2 aromatic carbocycles. The number of amides is 1. The summed E-state index contributed by atoms with van der Waals surface area (Å²) >= 11 is 5.86. The molecule has 0 radical (unpaired) electrons. The summed E-state index contributed by atoms with van der Waals surface area (Å²) in [4.78, 5) is 12.7. The largest absolute Gasteiger partial charge is 0.496 e. The van der Waals surface area contributed by atoms with E-state index in [-0.39, 0.29) is 23.4 Å². The average Bonchev–Trinajstić information content (AvgIpc) is 3.21. The molecule has 1 aliphatic carbocycles. The minimum absolute atomic E-state index is 0.0681. The smallest absolute Gasteiger partial charge is 0.251 e. The molecule has 1 N–H and O–H groups in total. The number of carbonyl (C=O) groups is 1. The minimum atomic E-state index is -3.71. The Bertz CT molecular complexity index is 971. The molecule has 1 fully saturated rings. The van der Waals surface area contributed by atoms with E-state index in [9.17, 15) is 13.2 Å². The second kappa shape index (κ2) is 9.15. The van der Waals surface area contributed by atoms with Gasteiger partial charge in [-0.25, -0.2) is 8.42 Å². The van der Waals surface area contributed by atoms with E-state index < -0.39 is 10.0 Å². The standard InChI is InChI=1S/C21H25ClN2O4S/c1-24(29(26,27)19-10-8-17(22)9-11-19)14-16-13-15(7-12-20(16)28-2)21(25)23-18-5-3-4-6-18/h7-13,18H,3-6,14H2,1-2H3,(H,23,25). The summed E-state index contributed by atoms with van der Waals surface area (Å²) in [5.74, 6) is 0.379. The Morgan fingerprint density at radius 2 is 1.83 bits per heavy atom. The Kier molecular flexibility index (Phi) is 6.82. The predicted octanol–water partition coefficient (Wildman–Crippen LogP) is 3.84. The van der Waals surface area contributed by atoms with Crippen LogP contribution in [0.2, 0.25) is 5.02 Å². The SMILES string of the molecule is COc1ccc(C(=O)NC2CCCC2)cc1CN(C)S(=O)(=O)c1ccc(Cl)cc1. The lowest BCUT2D eigenvalue weighted by Gasteiger charge is -2.20. The lowest BCUT2D eigenvalue weighted by molar-refractivity contribution is 0.0937. The van der Waals surface area contributed by atoms with E-state index >= 15 is 0 Å². The maximum absolute atomic E-state index is 12.9. The van der Waals surface area contributed by atoms with Gasteiger partial charge in [0.15, 0.2) is 0 Å². The molecule has 29 heavy (non-hydrogen) atoms. The number of nitrogens with zero attached hydrogens (tertiary/aromatic N) is 1. The van der Waals surface area contributed by atoms with Crippen molar-refractivity contribution in [1.82, 2.24) is 9.62 Å². The van der Waals surface area contributed by atoms with Crippen LogP contribution in [0.3, 0.4) is 0 Å². The van der Waals surface area contributed by atoms with Crippen molar-refractivity contribution in [3.8, 4) is 5.75 Å². The third kappa shape index (κ3) is 5.10. The van der Waals surface area contributed by atoms with Crippen molar-refractivity contribution < 1.29 is 17.9 Å². The zero-order valence-corrected chi connectivity index (χ0v) is 18.1. The van der Waals surface area contributed by atoms with Gasteiger partial charge in [0.05, 0.1) is 12.0 Å².